The molecule has 3 heterocycles. The number of nitrogens with zero attached hydrogens (tertiary/aromatic N) is 5. The zero-order chi connectivity index (χ0) is 14.3. The summed E-state index contributed by atoms with van der Waals surface area (Å²) in [4.78, 5) is 15.0. The first-order valence-corrected chi connectivity index (χ1v) is 6.31. The Labute approximate surface area is 116 Å². The summed E-state index contributed by atoms with van der Waals surface area (Å²) in [6.07, 6.45) is 3.68. The van der Waals surface area contributed by atoms with Crippen molar-refractivity contribution in [2.45, 2.75) is 6.92 Å². The van der Waals surface area contributed by atoms with Gasteiger partial charge >= 0.3 is 0 Å². The van der Waals surface area contributed by atoms with Gasteiger partial charge in [-0.05, 0) is 25.1 Å². The molecule has 0 amide bonds. The van der Waals surface area contributed by atoms with E-state index in [9.17, 15) is 0 Å². The molecule has 102 valence electrons. The average molecular weight is 268 g/mol. The van der Waals surface area contributed by atoms with E-state index in [1.807, 2.05) is 54.7 Å². The maximum atomic E-state index is 6.21. The van der Waals surface area contributed by atoms with Crippen molar-refractivity contribution in [3.63, 3.8) is 0 Å². The zero-order valence-corrected chi connectivity index (χ0v) is 11.7. The second-order valence-electron chi connectivity index (χ2n) is 4.84. The van der Waals surface area contributed by atoms with E-state index in [1.165, 1.54) is 0 Å². The number of hydrogen-bond donors (Lipinski definition) is 1. The molecule has 0 spiro atoms. The van der Waals surface area contributed by atoms with Gasteiger partial charge in [0.05, 0.1) is 11.4 Å². The maximum absolute atomic E-state index is 6.21. The van der Waals surface area contributed by atoms with Crippen LogP contribution in [-0.4, -0.2) is 33.4 Å². The molecule has 20 heavy (non-hydrogen) atoms. The molecule has 3 aromatic rings. The first-order chi connectivity index (χ1) is 9.56. The lowest BCUT2D eigenvalue weighted by Gasteiger charge is -2.12. The summed E-state index contributed by atoms with van der Waals surface area (Å²) < 4.78 is 1.88. The number of nitrogen functional groups attached to an aromatic ring is 1. The second kappa shape index (κ2) is 4.48. The van der Waals surface area contributed by atoms with Gasteiger partial charge in [0.2, 0.25) is 0 Å². The summed E-state index contributed by atoms with van der Waals surface area (Å²) in [6, 6.07) is 5.78. The molecule has 6 heteroatoms. The molecule has 0 fully saturated rings. The van der Waals surface area contributed by atoms with Crippen molar-refractivity contribution < 1.29 is 0 Å². The molecule has 0 aliphatic rings. The highest BCUT2D eigenvalue weighted by molar-refractivity contribution is 5.73. The monoisotopic (exact) mass is 268 g/mol. The van der Waals surface area contributed by atoms with Crippen LogP contribution in [0.5, 0.6) is 0 Å². The number of pyridine rings is 1. The van der Waals surface area contributed by atoms with Crippen LogP contribution in [0.25, 0.3) is 17.0 Å². The van der Waals surface area contributed by atoms with Gasteiger partial charge in [0.1, 0.15) is 23.0 Å². The Morgan fingerprint density at radius 1 is 1.15 bits per heavy atom. The molecular weight excluding hydrogens is 252 g/mol. The molecule has 0 bridgehead atoms. The van der Waals surface area contributed by atoms with Crippen LogP contribution in [0.1, 0.15) is 5.82 Å². The Morgan fingerprint density at radius 3 is 2.65 bits per heavy atom. The summed E-state index contributed by atoms with van der Waals surface area (Å²) in [5.41, 5.74) is 9.51. The van der Waals surface area contributed by atoms with E-state index in [4.69, 9.17) is 5.73 Å². The molecule has 0 aliphatic carbocycles. The third-order valence-corrected chi connectivity index (χ3v) is 3.17. The van der Waals surface area contributed by atoms with Crippen molar-refractivity contribution in [2.75, 3.05) is 24.7 Å². The Balaban J connectivity index is 2.20. The number of rotatable bonds is 2. The van der Waals surface area contributed by atoms with Crippen molar-refractivity contribution in [1.82, 2.24) is 19.4 Å². The quantitative estimate of drug-likeness (QED) is 0.766. The lowest BCUT2D eigenvalue weighted by Crippen LogP contribution is -2.09. The number of aromatic nitrogens is 4. The van der Waals surface area contributed by atoms with Gasteiger partial charge in [-0.25, -0.2) is 15.0 Å². The van der Waals surface area contributed by atoms with Crippen molar-refractivity contribution >= 4 is 17.2 Å². The fourth-order valence-corrected chi connectivity index (χ4v) is 2.09. The Morgan fingerprint density at radius 2 is 1.95 bits per heavy atom. The predicted octanol–water partition coefficient (Wildman–Crippen LogP) is 1.75. The largest absolute Gasteiger partial charge is 0.383 e. The van der Waals surface area contributed by atoms with E-state index in [0.29, 0.717) is 17.3 Å². The van der Waals surface area contributed by atoms with Crippen LogP contribution >= 0.6 is 0 Å². The molecular formula is C14H16N6. The van der Waals surface area contributed by atoms with Gasteiger partial charge in [-0.1, -0.05) is 0 Å². The number of aryl methyl sites for hydroxylation is 1. The first kappa shape index (κ1) is 12.4. The lowest BCUT2D eigenvalue weighted by molar-refractivity contribution is 1.05. The van der Waals surface area contributed by atoms with Crippen LogP contribution in [0, 0.1) is 6.92 Å². The first-order valence-electron chi connectivity index (χ1n) is 6.31. The predicted molar refractivity (Wildman–Crippen MR) is 79.7 cm³/mol. The van der Waals surface area contributed by atoms with Crippen molar-refractivity contribution in [1.29, 1.82) is 0 Å². The van der Waals surface area contributed by atoms with Gasteiger partial charge in [-0.2, -0.15) is 0 Å². The number of hydrogen-bond acceptors (Lipinski definition) is 5. The van der Waals surface area contributed by atoms with Gasteiger partial charge in [0.15, 0.2) is 0 Å². The smallest absolute Gasteiger partial charge is 0.139 e. The van der Waals surface area contributed by atoms with Gasteiger partial charge in [0.25, 0.3) is 0 Å². The average Bonchev–Trinajstić information content (AvgIpc) is 2.76. The molecule has 0 saturated heterocycles. The van der Waals surface area contributed by atoms with E-state index in [-0.39, 0.29) is 0 Å². The highest BCUT2D eigenvalue weighted by Crippen LogP contribution is 2.26. The van der Waals surface area contributed by atoms with Crippen LogP contribution in [0.15, 0.2) is 30.6 Å². The normalized spacial score (nSPS) is 10.9. The van der Waals surface area contributed by atoms with Crippen LogP contribution in [0.3, 0.4) is 0 Å². The topological polar surface area (TPSA) is 72.3 Å². The van der Waals surface area contributed by atoms with Crippen LogP contribution in [0.4, 0.5) is 11.5 Å². The molecule has 3 rings (SSSR count). The van der Waals surface area contributed by atoms with Gasteiger partial charge in [0, 0.05) is 26.5 Å². The minimum absolute atomic E-state index is 0.585. The van der Waals surface area contributed by atoms with Crippen molar-refractivity contribution in [3.05, 3.63) is 36.4 Å². The Kier molecular flexibility index (Phi) is 2.78. The van der Waals surface area contributed by atoms with Crippen LogP contribution in [0.2, 0.25) is 0 Å². The van der Waals surface area contributed by atoms with Crippen LogP contribution in [-0.2, 0) is 0 Å². The molecule has 0 saturated carbocycles. The molecule has 0 aliphatic heterocycles. The Hall–Kier alpha value is -2.63. The third kappa shape index (κ3) is 1.95. The fraction of sp³-hybridized carbons (Fsp3) is 0.214. The third-order valence-electron chi connectivity index (χ3n) is 3.17. The fourth-order valence-electron chi connectivity index (χ4n) is 2.09. The molecule has 6 nitrogen and oxygen atoms in total. The summed E-state index contributed by atoms with van der Waals surface area (Å²) in [6.45, 7) is 1.85. The number of imidazole rings is 1. The highest BCUT2D eigenvalue weighted by Gasteiger charge is 2.13. The molecule has 2 N–H and O–H groups in total. The van der Waals surface area contributed by atoms with Gasteiger partial charge in [-0.15, -0.1) is 0 Å². The number of anilines is 2. The summed E-state index contributed by atoms with van der Waals surface area (Å²) in [7, 11) is 3.98. The minimum Gasteiger partial charge on any atom is -0.383 e. The molecule has 0 atom stereocenters. The van der Waals surface area contributed by atoms with E-state index in [1.54, 1.807) is 6.20 Å². The summed E-state index contributed by atoms with van der Waals surface area (Å²) in [5, 5.41) is 0. The van der Waals surface area contributed by atoms with Crippen LogP contribution < -0.4 is 10.6 Å². The van der Waals surface area contributed by atoms with E-state index in [2.05, 4.69) is 15.0 Å². The van der Waals surface area contributed by atoms with Gasteiger partial charge < -0.3 is 10.6 Å². The second-order valence-corrected chi connectivity index (χ2v) is 4.84. The Bertz CT molecular complexity index is 774. The van der Waals surface area contributed by atoms with Gasteiger partial charge in [-0.3, -0.25) is 4.40 Å². The maximum Gasteiger partial charge on any atom is 0.139 e. The molecule has 0 unspecified atom stereocenters. The van der Waals surface area contributed by atoms with E-state index < -0.39 is 0 Å². The lowest BCUT2D eigenvalue weighted by atomic mass is 10.3. The standard InChI is InChI=1S/C14H16N6/c1-9-16-7-6-11(17-9)13-14(15)20-8-10(19(2)3)4-5-12(20)18-13/h4-8H,15H2,1-3H3. The number of fused-ring (bicyclic) bond motifs is 1. The minimum atomic E-state index is 0.585. The van der Waals surface area contributed by atoms with Crippen molar-refractivity contribution in [3.8, 4) is 11.4 Å². The molecule has 0 radical (unpaired) electrons. The highest BCUT2D eigenvalue weighted by atomic mass is 15.1. The number of nitrogens with two attached hydrogens (primary N) is 1. The molecule has 0 aromatic carbocycles. The summed E-state index contributed by atoms with van der Waals surface area (Å²) in [5.74, 6) is 1.29. The molecule has 3 aromatic heterocycles. The summed E-state index contributed by atoms with van der Waals surface area (Å²) >= 11 is 0. The SMILES string of the molecule is Cc1nccc(-c2nc3ccc(N(C)C)cn3c2N)n1. The zero-order valence-electron chi connectivity index (χ0n) is 11.7. The van der Waals surface area contributed by atoms with Crippen molar-refractivity contribution in [2.24, 2.45) is 0 Å². The van der Waals surface area contributed by atoms with E-state index in [0.717, 1.165) is 17.0 Å². The van der Waals surface area contributed by atoms with E-state index >= 15 is 0 Å².